The average Bonchev–Trinajstić information content (AvgIpc) is 2.37. The molecule has 102 valence electrons. The lowest BCUT2D eigenvalue weighted by molar-refractivity contribution is -0.124. The third-order valence-electron chi connectivity index (χ3n) is 3.02. The van der Waals surface area contributed by atoms with Gasteiger partial charge >= 0.3 is 0 Å². The van der Waals surface area contributed by atoms with E-state index in [4.69, 9.17) is 4.74 Å². The average molecular weight is 262 g/mol. The minimum Gasteiger partial charge on any atom is -0.482 e. The van der Waals surface area contributed by atoms with Crippen molar-refractivity contribution in [2.24, 2.45) is 5.92 Å². The van der Waals surface area contributed by atoms with Crippen molar-refractivity contribution in [3.05, 3.63) is 23.8 Å². The van der Waals surface area contributed by atoms with Crippen molar-refractivity contribution in [1.29, 1.82) is 0 Å². The molecule has 1 aliphatic heterocycles. The lowest BCUT2D eigenvalue weighted by atomic mass is 10.1. The summed E-state index contributed by atoms with van der Waals surface area (Å²) in [7, 11) is 0. The van der Waals surface area contributed by atoms with Gasteiger partial charge in [0.25, 0.3) is 5.91 Å². The molecule has 0 radical (unpaired) electrons. The lowest BCUT2D eigenvalue weighted by Gasteiger charge is -2.21. The molecule has 0 saturated heterocycles. The summed E-state index contributed by atoms with van der Waals surface area (Å²) in [6.07, 6.45) is 0. The Hall–Kier alpha value is -2.04. The Morgan fingerprint density at radius 3 is 2.79 bits per heavy atom. The Labute approximate surface area is 112 Å². The van der Waals surface area contributed by atoms with Crippen LogP contribution >= 0.6 is 0 Å². The number of hydrogen-bond acceptors (Lipinski definition) is 3. The van der Waals surface area contributed by atoms with Crippen LogP contribution in [0, 0.1) is 5.92 Å². The number of fused-ring (bicyclic) bond motifs is 1. The number of nitrogens with one attached hydrogen (secondary N) is 2. The van der Waals surface area contributed by atoms with Crippen LogP contribution in [0.5, 0.6) is 5.75 Å². The quantitative estimate of drug-likeness (QED) is 0.873. The number of amides is 2. The summed E-state index contributed by atoms with van der Waals surface area (Å²) in [6, 6.07) is 5.42. The fraction of sp³-hybridized carbons (Fsp3) is 0.429. The van der Waals surface area contributed by atoms with Crippen LogP contribution in [0.25, 0.3) is 0 Å². The van der Waals surface area contributed by atoms with E-state index in [1.165, 1.54) is 0 Å². The predicted molar refractivity (Wildman–Crippen MR) is 72.0 cm³/mol. The highest BCUT2D eigenvalue weighted by molar-refractivity contribution is 5.95. The fourth-order valence-electron chi connectivity index (χ4n) is 1.83. The van der Waals surface area contributed by atoms with Gasteiger partial charge < -0.3 is 15.4 Å². The van der Waals surface area contributed by atoms with Crippen molar-refractivity contribution in [2.45, 2.75) is 26.8 Å². The Bertz CT molecular complexity index is 511. The van der Waals surface area contributed by atoms with Crippen LogP contribution in [-0.2, 0) is 9.59 Å². The van der Waals surface area contributed by atoms with E-state index in [1.54, 1.807) is 0 Å². The number of carbonyl (C=O) groups is 2. The van der Waals surface area contributed by atoms with Gasteiger partial charge in [0.2, 0.25) is 5.91 Å². The van der Waals surface area contributed by atoms with Gasteiger partial charge in [-0.25, -0.2) is 0 Å². The summed E-state index contributed by atoms with van der Waals surface area (Å²) < 4.78 is 5.29. The van der Waals surface area contributed by atoms with Crippen LogP contribution in [0.3, 0.4) is 0 Å². The van der Waals surface area contributed by atoms with Crippen LogP contribution < -0.4 is 15.4 Å². The minimum absolute atomic E-state index is 0.00510. The SMILES string of the molecule is CC(C)C(=O)NC(C)c1ccc2c(c1)NC(=O)CO2. The first-order valence-corrected chi connectivity index (χ1v) is 6.34. The van der Waals surface area contributed by atoms with E-state index in [1.807, 2.05) is 39.0 Å². The molecule has 1 aliphatic rings. The molecule has 5 heteroatoms. The molecule has 1 aromatic rings. The Balaban J connectivity index is 2.15. The topological polar surface area (TPSA) is 67.4 Å². The molecule has 0 fully saturated rings. The van der Waals surface area contributed by atoms with Crippen LogP contribution in [0.15, 0.2) is 18.2 Å². The van der Waals surface area contributed by atoms with Crippen LogP contribution in [-0.4, -0.2) is 18.4 Å². The van der Waals surface area contributed by atoms with Gasteiger partial charge in [-0.1, -0.05) is 19.9 Å². The summed E-state index contributed by atoms with van der Waals surface area (Å²) >= 11 is 0. The van der Waals surface area contributed by atoms with E-state index in [2.05, 4.69) is 10.6 Å². The molecule has 0 saturated carbocycles. The zero-order chi connectivity index (χ0) is 14.0. The van der Waals surface area contributed by atoms with Gasteiger partial charge in [-0.3, -0.25) is 9.59 Å². The monoisotopic (exact) mass is 262 g/mol. The van der Waals surface area contributed by atoms with Crippen molar-refractivity contribution in [3.8, 4) is 5.75 Å². The van der Waals surface area contributed by atoms with Crippen LogP contribution in [0.1, 0.15) is 32.4 Å². The second-order valence-corrected chi connectivity index (χ2v) is 4.98. The fourth-order valence-corrected chi connectivity index (χ4v) is 1.83. The Kier molecular flexibility index (Phi) is 3.74. The molecule has 0 aliphatic carbocycles. The summed E-state index contributed by atoms with van der Waals surface area (Å²) in [6.45, 7) is 5.66. The predicted octanol–water partition coefficient (Wildman–Crippen LogP) is 1.85. The summed E-state index contributed by atoms with van der Waals surface area (Å²) in [4.78, 5) is 22.9. The molecule has 2 amide bonds. The van der Waals surface area contributed by atoms with Crippen molar-refractivity contribution in [3.63, 3.8) is 0 Å². The highest BCUT2D eigenvalue weighted by atomic mass is 16.5. The Morgan fingerprint density at radius 2 is 2.11 bits per heavy atom. The second kappa shape index (κ2) is 5.30. The van der Waals surface area contributed by atoms with Crippen molar-refractivity contribution >= 4 is 17.5 Å². The summed E-state index contributed by atoms with van der Waals surface area (Å²) in [5.74, 6) is 0.447. The molecule has 19 heavy (non-hydrogen) atoms. The van der Waals surface area contributed by atoms with Crippen molar-refractivity contribution in [2.75, 3.05) is 11.9 Å². The van der Waals surface area contributed by atoms with E-state index in [-0.39, 0.29) is 30.4 Å². The van der Waals surface area contributed by atoms with E-state index < -0.39 is 0 Å². The highest BCUT2D eigenvalue weighted by Gasteiger charge is 2.18. The van der Waals surface area contributed by atoms with Gasteiger partial charge in [0.05, 0.1) is 11.7 Å². The standard InChI is InChI=1S/C14H18N2O3/c1-8(2)14(18)15-9(3)10-4-5-12-11(6-10)16-13(17)7-19-12/h4-6,8-9H,7H2,1-3H3,(H,15,18)(H,16,17). The van der Waals surface area contributed by atoms with Crippen LogP contribution in [0.2, 0.25) is 0 Å². The lowest BCUT2D eigenvalue weighted by Crippen LogP contribution is -2.30. The highest BCUT2D eigenvalue weighted by Crippen LogP contribution is 2.30. The van der Waals surface area contributed by atoms with E-state index in [0.717, 1.165) is 5.56 Å². The molecule has 2 rings (SSSR count). The molecule has 5 nitrogen and oxygen atoms in total. The first-order valence-electron chi connectivity index (χ1n) is 6.34. The smallest absolute Gasteiger partial charge is 0.262 e. The molecule has 0 aromatic heterocycles. The number of anilines is 1. The molecule has 0 spiro atoms. The van der Waals surface area contributed by atoms with Gasteiger partial charge in [-0.05, 0) is 24.6 Å². The largest absolute Gasteiger partial charge is 0.482 e. The maximum Gasteiger partial charge on any atom is 0.262 e. The van der Waals surface area contributed by atoms with Gasteiger partial charge in [0.15, 0.2) is 6.61 Å². The first-order chi connectivity index (χ1) is 8.97. The molecule has 1 heterocycles. The maximum absolute atomic E-state index is 11.7. The number of ether oxygens (including phenoxy) is 1. The van der Waals surface area contributed by atoms with E-state index in [0.29, 0.717) is 11.4 Å². The number of benzene rings is 1. The molecular formula is C14H18N2O3. The van der Waals surface area contributed by atoms with Gasteiger partial charge in [-0.2, -0.15) is 0 Å². The zero-order valence-electron chi connectivity index (χ0n) is 11.3. The van der Waals surface area contributed by atoms with Gasteiger partial charge in [0, 0.05) is 5.92 Å². The summed E-state index contributed by atoms with van der Waals surface area (Å²) in [5.41, 5.74) is 1.58. The Morgan fingerprint density at radius 1 is 1.37 bits per heavy atom. The molecule has 1 atom stereocenters. The van der Waals surface area contributed by atoms with Crippen molar-refractivity contribution in [1.82, 2.24) is 5.32 Å². The van der Waals surface area contributed by atoms with Crippen molar-refractivity contribution < 1.29 is 14.3 Å². The summed E-state index contributed by atoms with van der Waals surface area (Å²) in [5, 5.41) is 5.68. The molecule has 0 bridgehead atoms. The first kappa shape index (κ1) is 13.4. The van der Waals surface area contributed by atoms with E-state index in [9.17, 15) is 9.59 Å². The molecule has 1 aromatic carbocycles. The van der Waals surface area contributed by atoms with Gasteiger partial charge in [0.1, 0.15) is 5.75 Å². The number of hydrogen-bond donors (Lipinski definition) is 2. The zero-order valence-corrected chi connectivity index (χ0v) is 11.3. The van der Waals surface area contributed by atoms with Crippen LogP contribution in [0.4, 0.5) is 5.69 Å². The number of carbonyl (C=O) groups excluding carboxylic acids is 2. The molecule has 2 N–H and O–H groups in total. The van der Waals surface area contributed by atoms with E-state index >= 15 is 0 Å². The number of rotatable bonds is 3. The molecular weight excluding hydrogens is 244 g/mol. The minimum atomic E-state index is -0.163. The maximum atomic E-state index is 11.7. The van der Waals surface area contributed by atoms with Gasteiger partial charge in [-0.15, -0.1) is 0 Å². The third kappa shape index (κ3) is 3.05. The third-order valence-corrected chi connectivity index (χ3v) is 3.02. The normalized spacial score (nSPS) is 15.3. The second-order valence-electron chi connectivity index (χ2n) is 4.98. The molecule has 1 unspecified atom stereocenters.